The molecule has 32 heavy (non-hydrogen) atoms. The number of likely N-dealkylation sites (tertiary alicyclic amines) is 1. The van der Waals surface area contributed by atoms with Crippen molar-refractivity contribution in [2.45, 2.75) is 55.5 Å². The summed E-state index contributed by atoms with van der Waals surface area (Å²) < 4.78 is 23.3. The van der Waals surface area contributed by atoms with Crippen molar-refractivity contribution in [2.24, 2.45) is 5.92 Å². The molecule has 1 aliphatic carbocycles. The van der Waals surface area contributed by atoms with E-state index >= 15 is 0 Å². The smallest absolute Gasteiger partial charge is 0.251 e. The molecule has 7 heteroatoms. The Morgan fingerprint density at radius 2 is 1.66 bits per heavy atom. The van der Waals surface area contributed by atoms with E-state index in [1.54, 1.807) is 12.1 Å². The van der Waals surface area contributed by atoms with Gasteiger partial charge in [-0.05, 0) is 99.5 Å². The summed E-state index contributed by atoms with van der Waals surface area (Å²) >= 11 is 6.00. The second-order valence-electron chi connectivity index (χ2n) is 9.18. The fraction of sp³-hybridized carbons (Fsp3) is 0.480. The highest BCUT2D eigenvalue weighted by Gasteiger charge is 2.35. The maximum Gasteiger partial charge on any atom is 0.251 e. The van der Waals surface area contributed by atoms with Crippen LogP contribution in [0.15, 0.2) is 53.4 Å². The van der Waals surface area contributed by atoms with E-state index in [1.165, 1.54) is 36.8 Å². The molecule has 1 saturated heterocycles. The zero-order chi connectivity index (χ0) is 22.7. The summed E-state index contributed by atoms with van der Waals surface area (Å²) in [7, 11) is -3.26. The molecule has 1 heterocycles. The normalized spacial score (nSPS) is 22.7. The Morgan fingerprint density at radius 3 is 2.28 bits per heavy atom. The summed E-state index contributed by atoms with van der Waals surface area (Å²) in [4.78, 5) is 15.6. The number of hydrogen-bond donors (Lipinski definition) is 1. The molecule has 0 aromatic heterocycles. The SMILES string of the molecule is CS(=O)(=O)c1ccc(C(=O)NC2CCCC2N2CCC(Cc3ccc(Cl)cc3)CC2)cc1. The van der Waals surface area contributed by atoms with Crippen LogP contribution in [0.25, 0.3) is 0 Å². The van der Waals surface area contributed by atoms with Crippen LogP contribution in [0.2, 0.25) is 5.02 Å². The van der Waals surface area contributed by atoms with Gasteiger partial charge in [-0.2, -0.15) is 0 Å². The highest BCUT2D eigenvalue weighted by Crippen LogP contribution is 2.30. The first kappa shape index (κ1) is 23.3. The Morgan fingerprint density at radius 1 is 1.00 bits per heavy atom. The molecule has 0 bridgehead atoms. The van der Waals surface area contributed by atoms with E-state index in [1.807, 2.05) is 12.1 Å². The molecule has 2 atom stereocenters. The minimum Gasteiger partial charge on any atom is -0.348 e. The lowest BCUT2D eigenvalue weighted by atomic mass is 9.89. The standard InChI is InChI=1S/C25H31ClN2O3S/c1-32(30,31)22-11-7-20(8-12-22)25(29)27-23-3-2-4-24(23)28-15-13-19(14-16-28)17-18-5-9-21(26)10-6-18/h5-12,19,23-24H,2-4,13-17H2,1H3,(H,27,29). The van der Waals surface area contributed by atoms with Crippen molar-refractivity contribution in [2.75, 3.05) is 19.3 Å². The van der Waals surface area contributed by atoms with E-state index in [0.717, 1.165) is 43.8 Å². The second kappa shape index (κ2) is 9.94. The van der Waals surface area contributed by atoms with Gasteiger partial charge in [-0.25, -0.2) is 8.42 Å². The minimum atomic E-state index is -3.26. The number of nitrogens with one attached hydrogen (secondary N) is 1. The summed E-state index contributed by atoms with van der Waals surface area (Å²) in [6.45, 7) is 2.14. The van der Waals surface area contributed by atoms with Gasteiger partial charge in [-0.3, -0.25) is 9.69 Å². The largest absolute Gasteiger partial charge is 0.348 e. The number of rotatable bonds is 6. The predicted molar refractivity (Wildman–Crippen MR) is 128 cm³/mol. The van der Waals surface area contributed by atoms with Crippen molar-refractivity contribution in [1.82, 2.24) is 10.2 Å². The lowest BCUT2D eigenvalue weighted by Gasteiger charge is -2.38. The number of amides is 1. The molecule has 5 nitrogen and oxygen atoms in total. The summed E-state index contributed by atoms with van der Waals surface area (Å²) in [5, 5.41) is 4.00. The molecule has 1 saturated carbocycles. The Balaban J connectivity index is 1.31. The zero-order valence-corrected chi connectivity index (χ0v) is 20.0. The third-order valence-corrected chi connectivity index (χ3v) is 8.28. The van der Waals surface area contributed by atoms with Crippen molar-refractivity contribution in [3.8, 4) is 0 Å². The van der Waals surface area contributed by atoms with Gasteiger partial charge in [0.1, 0.15) is 0 Å². The number of hydrogen-bond acceptors (Lipinski definition) is 4. The van der Waals surface area contributed by atoms with Crippen LogP contribution in [0, 0.1) is 5.92 Å². The molecule has 2 fully saturated rings. The summed E-state index contributed by atoms with van der Waals surface area (Å²) in [5.41, 5.74) is 1.85. The number of halogens is 1. The molecule has 2 aromatic carbocycles. The second-order valence-corrected chi connectivity index (χ2v) is 11.6. The molecule has 2 aliphatic rings. The molecule has 1 amide bonds. The molecular formula is C25H31ClN2O3S. The van der Waals surface area contributed by atoms with Crippen molar-refractivity contribution in [3.63, 3.8) is 0 Å². The Kier molecular flexibility index (Phi) is 7.23. The van der Waals surface area contributed by atoms with Gasteiger partial charge in [0.2, 0.25) is 0 Å². The van der Waals surface area contributed by atoms with Crippen molar-refractivity contribution < 1.29 is 13.2 Å². The Bertz CT molecular complexity index is 1030. The summed E-state index contributed by atoms with van der Waals surface area (Å²) in [6.07, 6.45) is 7.83. The molecule has 0 radical (unpaired) electrons. The van der Waals surface area contributed by atoms with E-state index in [9.17, 15) is 13.2 Å². The summed E-state index contributed by atoms with van der Waals surface area (Å²) in [5.74, 6) is 0.565. The van der Waals surface area contributed by atoms with Crippen LogP contribution in [0.1, 0.15) is 48.0 Å². The topological polar surface area (TPSA) is 66.5 Å². The first-order valence-electron chi connectivity index (χ1n) is 11.4. The fourth-order valence-corrected chi connectivity index (χ4v) is 5.85. The van der Waals surface area contributed by atoms with Crippen LogP contribution in [0.5, 0.6) is 0 Å². The third-order valence-electron chi connectivity index (χ3n) is 6.90. The maximum absolute atomic E-state index is 12.8. The van der Waals surface area contributed by atoms with Crippen LogP contribution in [-0.2, 0) is 16.3 Å². The quantitative estimate of drug-likeness (QED) is 0.675. The molecule has 172 valence electrons. The van der Waals surface area contributed by atoms with E-state index < -0.39 is 9.84 Å². The number of nitrogens with zero attached hydrogens (tertiary/aromatic N) is 1. The molecular weight excluding hydrogens is 444 g/mol. The number of sulfone groups is 1. The van der Waals surface area contributed by atoms with Crippen molar-refractivity contribution in [3.05, 3.63) is 64.7 Å². The van der Waals surface area contributed by atoms with Gasteiger partial charge in [0, 0.05) is 28.9 Å². The lowest BCUT2D eigenvalue weighted by molar-refractivity contribution is 0.0862. The first-order chi connectivity index (χ1) is 15.3. The monoisotopic (exact) mass is 474 g/mol. The molecule has 2 aromatic rings. The number of carbonyl (C=O) groups excluding carboxylic acids is 1. The van der Waals surface area contributed by atoms with Crippen LogP contribution in [0.3, 0.4) is 0 Å². The van der Waals surface area contributed by atoms with Crippen LogP contribution in [-0.4, -0.2) is 50.7 Å². The Hall–Kier alpha value is -1.89. The van der Waals surface area contributed by atoms with Crippen LogP contribution >= 0.6 is 11.6 Å². The van der Waals surface area contributed by atoms with Crippen molar-refractivity contribution >= 4 is 27.3 Å². The number of piperidine rings is 1. The molecule has 4 rings (SSSR count). The van der Waals surface area contributed by atoms with Crippen LogP contribution < -0.4 is 5.32 Å². The van der Waals surface area contributed by atoms with Gasteiger partial charge in [0.05, 0.1) is 4.90 Å². The highest BCUT2D eigenvalue weighted by atomic mass is 35.5. The average Bonchev–Trinajstić information content (AvgIpc) is 3.23. The van der Waals surface area contributed by atoms with E-state index in [-0.39, 0.29) is 16.8 Å². The molecule has 1 aliphatic heterocycles. The number of carbonyl (C=O) groups is 1. The average molecular weight is 475 g/mol. The van der Waals surface area contributed by atoms with Gasteiger partial charge < -0.3 is 5.32 Å². The van der Waals surface area contributed by atoms with E-state index in [2.05, 4.69) is 22.3 Å². The van der Waals surface area contributed by atoms with Gasteiger partial charge in [0.15, 0.2) is 9.84 Å². The highest BCUT2D eigenvalue weighted by molar-refractivity contribution is 7.90. The first-order valence-corrected chi connectivity index (χ1v) is 13.7. The molecule has 0 spiro atoms. The Labute approximate surface area is 196 Å². The third kappa shape index (κ3) is 5.72. The lowest BCUT2D eigenvalue weighted by Crippen LogP contribution is -2.51. The summed E-state index contributed by atoms with van der Waals surface area (Å²) in [6, 6.07) is 14.9. The van der Waals surface area contributed by atoms with Gasteiger partial charge in [-0.1, -0.05) is 23.7 Å². The minimum absolute atomic E-state index is 0.125. The van der Waals surface area contributed by atoms with Gasteiger partial charge in [0.25, 0.3) is 5.91 Å². The molecule has 2 unspecified atom stereocenters. The maximum atomic E-state index is 12.8. The van der Waals surface area contributed by atoms with E-state index in [4.69, 9.17) is 11.6 Å². The fourth-order valence-electron chi connectivity index (χ4n) is 5.09. The van der Waals surface area contributed by atoms with Crippen molar-refractivity contribution in [1.29, 1.82) is 0 Å². The predicted octanol–water partition coefficient (Wildman–Crippen LogP) is 4.35. The van der Waals surface area contributed by atoms with Crippen LogP contribution in [0.4, 0.5) is 0 Å². The number of benzene rings is 2. The molecule has 1 N–H and O–H groups in total. The van der Waals surface area contributed by atoms with Gasteiger partial charge >= 0.3 is 0 Å². The van der Waals surface area contributed by atoms with Gasteiger partial charge in [-0.15, -0.1) is 0 Å². The van der Waals surface area contributed by atoms with E-state index in [0.29, 0.717) is 17.5 Å². The zero-order valence-electron chi connectivity index (χ0n) is 18.5.